The molecule has 0 saturated carbocycles. The molecule has 2 rings (SSSR count). The molecule has 1 fully saturated rings. The van der Waals surface area contributed by atoms with Gasteiger partial charge in [-0.1, -0.05) is 6.07 Å². The third-order valence-corrected chi connectivity index (χ3v) is 3.83. The van der Waals surface area contributed by atoms with Crippen LogP contribution in [0.15, 0.2) is 18.2 Å². The average molecular weight is 288 g/mol. The van der Waals surface area contributed by atoms with Gasteiger partial charge in [-0.05, 0) is 37.1 Å². The molecule has 0 radical (unpaired) electrons. The molecule has 0 aromatic heterocycles. The van der Waals surface area contributed by atoms with E-state index in [1.807, 2.05) is 12.1 Å². The molecule has 1 saturated heterocycles. The summed E-state index contributed by atoms with van der Waals surface area (Å²) >= 11 is 0. The standard InChI is InChI=1S/C16H20N2O3/c1-20-15-8-12(5-6-13(15)9-17)10-18-7-3-4-14(11-18)16(19)21-2/h5-6,8,14H,3-4,7,10-11H2,1-2H3. The molecule has 0 amide bonds. The maximum atomic E-state index is 11.6. The fraction of sp³-hybridized carbons (Fsp3) is 0.500. The van der Waals surface area contributed by atoms with Crippen LogP contribution in [0.5, 0.6) is 5.75 Å². The number of carbonyl (C=O) groups is 1. The summed E-state index contributed by atoms with van der Waals surface area (Å²) in [5.41, 5.74) is 1.61. The van der Waals surface area contributed by atoms with E-state index in [4.69, 9.17) is 14.7 Å². The zero-order chi connectivity index (χ0) is 15.2. The number of esters is 1. The number of piperidine rings is 1. The number of ether oxygens (including phenoxy) is 2. The first-order valence-electron chi connectivity index (χ1n) is 7.05. The smallest absolute Gasteiger partial charge is 0.309 e. The molecule has 1 atom stereocenters. The fourth-order valence-corrected chi connectivity index (χ4v) is 2.74. The van der Waals surface area contributed by atoms with E-state index in [2.05, 4.69) is 11.0 Å². The van der Waals surface area contributed by atoms with E-state index in [1.54, 1.807) is 13.2 Å². The molecule has 5 nitrogen and oxygen atoms in total. The lowest BCUT2D eigenvalue weighted by molar-refractivity contribution is -0.147. The Morgan fingerprint density at radius 2 is 2.29 bits per heavy atom. The van der Waals surface area contributed by atoms with Crippen molar-refractivity contribution >= 4 is 5.97 Å². The summed E-state index contributed by atoms with van der Waals surface area (Å²) in [4.78, 5) is 13.9. The van der Waals surface area contributed by atoms with Gasteiger partial charge < -0.3 is 9.47 Å². The molecular formula is C16H20N2O3. The number of likely N-dealkylation sites (tertiary alicyclic amines) is 1. The van der Waals surface area contributed by atoms with Crippen LogP contribution in [0.3, 0.4) is 0 Å². The van der Waals surface area contributed by atoms with Gasteiger partial charge in [0.25, 0.3) is 0 Å². The molecule has 1 aromatic carbocycles. The Hall–Kier alpha value is -2.06. The van der Waals surface area contributed by atoms with E-state index in [-0.39, 0.29) is 11.9 Å². The molecule has 0 bridgehead atoms. The third-order valence-electron chi connectivity index (χ3n) is 3.83. The number of nitriles is 1. The summed E-state index contributed by atoms with van der Waals surface area (Å²) in [6.45, 7) is 2.43. The maximum Gasteiger partial charge on any atom is 0.309 e. The maximum absolute atomic E-state index is 11.6. The third kappa shape index (κ3) is 3.73. The van der Waals surface area contributed by atoms with Gasteiger partial charge in [0.2, 0.25) is 0 Å². The second-order valence-electron chi connectivity index (χ2n) is 5.24. The molecule has 1 heterocycles. The average Bonchev–Trinajstić information content (AvgIpc) is 2.54. The predicted octanol–water partition coefficient (Wildman–Crippen LogP) is 1.95. The highest BCUT2D eigenvalue weighted by molar-refractivity contribution is 5.72. The van der Waals surface area contributed by atoms with Crippen LogP contribution in [-0.2, 0) is 16.1 Å². The highest BCUT2D eigenvalue weighted by atomic mass is 16.5. The zero-order valence-corrected chi connectivity index (χ0v) is 12.5. The van der Waals surface area contributed by atoms with Crippen molar-refractivity contribution in [1.82, 2.24) is 4.90 Å². The van der Waals surface area contributed by atoms with E-state index in [0.29, 0.717) is 11.3 Å². The lowest BCUT2D eigenvalue weighted by Gasteiger charge is -2.31. The first-order valence-corrected chi connectivity index (χ1v) is 7.05. The molecule has 112 valence electrons. The van der Waals surface area contributed by atoms with E-state index in [0.717, 1.165) is 38.0 Å². The van der Waals surface area contributed by atoms with Gasteiger partial charge in [0.15, 0.2) is 0 Å². The molecule has 0 aliphatic carbocycles. The number of methoxy groups -OCH3 is 2. The normalized spacial score (nSPS) is 18.8. The molecule has 1 aromatic rings. The second-order valence-corrected chi connectivity index (χ2v) is 5.24. The van der Waals surface area contributed by atoms with Gasteiger partial charge in [-0.3, -0.25) is 9.69 Å². The second kappa shape index (κ2) is 7.09. The van der Waals surface area contributed by atoms with Crippen LogP contribution in [-0.4, -0.2) is 38.2 Å². The van der Waals surface area contributed by atoms with Gasteiger partial charge in [0.05, 0.1) is 25.7 Å². The topological polar surface area (TPSA) is 62.6 Å². The molecule has 0 spiro atoms. The summed E-state index contributed by atoms with van der Waals surface area (Å²) < 4.78 is 10.1. The van der Waals surface area contributed by atoms with Gasteiger partial charge in [-0.2, -0.15) is 5.26 Å². The number of hydrogen-bond acceptors (Lipinski definition) is 5. The van der Waals surface area contributed by atoms with Crippen molar-refractivity contribution in [2.24, 2.45) is 5.92 Å². The first-order chi connectivity index (χ1) is 10.2. The first kappa shape index (κ1) is 15.3. The van der Waals surface area contributed by atoms with Crippen molar-refractivity contribution < 1.29 is 14.3 Å². The van der Waals surface area contributed by atoms with Crippen LogP contribution >= 0.6 is 0 Å². The van der Waals surface area contributed by atoms with Gasteiger partial charge in [0.1, 0.15) is 11.8 Å². The summed E-state index contributed by atoms with van der Waals surface area (Å²) in [5.74, 6) is 0.428. The van der Waals surface area contributed by atoms with E-state index in [1.165, 1.54) is 7.11 Å². The summed E-state index contributed by atoms with van der Waals surface area (Å²) in [6, 6.07) is 7.70. The minimum atomic E-state index is -0.128. The number of benzene rings is 1. The molecule has 1 unspecified atom stereocenters. The van der Waals surface area contributed by atoms with Crippen LogP contribution < -0.4 is 4.74 Å². The van der Waals surface area contributed by atoms with Crippen LogP contribution in [0.1, 0.15) is 24.0 Å². The Labute approximate surface area is 125 Å². The van der Waals surface area contributed by atoms with Crippen LogP contribution in [0, 0.1) is 17.2 Å². The predicted molar refractivity (Wildman–Crippen MR) is 77.7 cm³/mol. The van der Waals surface area contributed by atoms with Crippen molar-refractivity contribution in [2.45, 2.75) is 19.4 Å². The summed E-state index contributed by atoms with van der Waals surface area (Å²) in [6.07, 6.45) is 1.88. The minimum absolute atomic E-state index is 0.0379. The van der Waals surface area contributed by atoms with Crippen molar-refractivity contribution in [1.29, 1.82) is 5.26 Å². The molecule has 0 N–H and O–H groups in total. The lowest BCUT2D eigenvalue weighted by atomic mass is 9.97. The van der Waals surface area contributed by atoms with Gasteiger partial charge in [-0.15, -0.1) is 0 Å². The Balaban J connectivity index is 2.04. The highest BCUT2D eigenvalue weighted by Gasteiger charge is 2.26. The van der Waals surface area contributed by atoms with Crippen molar-refractivity contribution in [3.63, 3.8) is 0 Å². The van der Waals surface area contributed by atoms with Crippen molar-refractivity contribution in [3.05, 3.63) is 29.3 Å². The monoisotopic (exact) mass is 288 g/mol. The number of rotatable bonds is 4. The van der Waals surface area contributed by atoms with E-state index in [9.17, 15) is 4.79 Å². The summed E-state index contributed by atoms with van der Waals surface area (Å²) in [5, 5.41) is 8.99. The summed E-state index contributed by atoms with van der Waals surface area (Å²) in [7, 11) is 3.00. The minimum Gasteiger partial charge on any atom is -0.495 e. The van der Waals surface area contributed by atoms with Crippen molar-refractivity contribution in [2.75, 3.05) is 27.3 Å². The Kier molecular flexibility index (Phi) is 5.18. The number of hydrogen-bond donors (Lipinski definition) is 0. The molecule has 5 heteroatoms. The largest absolute Gasteiger partial charge is 0.495 e. The molecule has 21 heavy (non-hydrogen) atoms. The van der Waals surface area contributed by atoms with Gasteiger partial charge in [0, 0.05) is 13.1 Å². The van der Waals surface area contributed by atoms with Crippen molar-refractivity contribution in [3.8, 4) is 11.8 Å². The zero-order valence-electron chi connectivity index (χ0n) is 12.5. The lowest BCUT2D eigenvalue weighted by Crippen LogP contribution is -2.38. The molecule has 1 aliphatic heterocycles. The Bertz CT molecular complexity index is 551. The van der Waals surface area contributed by atoms with Gasteiger partial charge >= 0.3 is 5.97 Å². The van der Waals surface area contributed by atoms with Crippen LogP contribution in [0.4, 0.5) is 0 Å². The Morgan fingerprint density at radius 3 is 2.95 bits per heavy atom. The highest BCUT2D eigenvalue weighted by Crippen LogP contribution is 2.23. The van der Waals surface area contributed by atoms with Crippen LogP contribution in [0.25, 0.3) is 0 Å². The Morgan fingerprint density at radius 1 is 1.48 bits per heavy atom. The number of nitrogens with zero attached hydrogens (tertiary/aromatic N) is 2. The van der Waals surface area contributed by atoms with Gasteiger partial charge in [-0.25, -0.2) is 0 Å². The van der Waals surface area contributed by atoms with E-state index >= 15 is 0 Å². The SMILES string of the molecule is COC(=O)C1CCCN(Cc2ccc(C#N)c(OC)c2)C1. The molecule has 1 aliphatic rings. The fourth-order valence-electron chi connectivity index (χ4n) is 2.74. The van der Waals surface area contributed by atoms with E-state index < -0.39 is 0 Å². The molecular weight excluding hydrogens is 268 g/mol. The quantitative estimate of drug-likeness (QED) is 0.792. The number of carbonyl (C=O) groups excluding carboxylic acids is 1. The van der Waals surface area contributed by atoms with Crippen LogP contribution in [0.2, 0.25) is 0 Å².